The molecule has 142 valence electrons. The lowest BCUT2D eigenvalue weighted by atomic mass is 9.90. The number of urea groups is 1. The van der Waals surface area contributed by atoms with Crippen molar-refractivity contribution < 1.29 is 9.59 Å². The normalized spacial score (nSPS) is 13.4. The Labute approximate surface area is 159 Å². The van der Waals surface area contributed by atoms with Crippen molar-refractivity contribution in [3.8, 4) is 0 Å². The number of fused-ring (bicyclic) bond motifs is 1. The Hall–Kier alpha value is -2.86. The number of rotatable bonds is 4. The maximum Gasteiger partial charge on any atom is 0.323 e. The van der Waals surface area contributed by atoms with E-state index in [1.54, 1.807) is 38.1 Å². The van der Waals surface area contributed by atoms with Crippen molar-refractivity contribution in [3.63, 3.8) is 0 Å². The highest BCUT2D eigenvalue weighted by atomic mass is 16.2. The first-order chi connectivity index (χ1) is 12.8. The molecule has 0 radical (unpaired) electrons. The molecule has 1 aliphatic rings. The van der Waals surface area contributed by atoms with Crippen LogP contribution in [-0.4, -0.2) is 17.5 Å². The predicted molar refractivity (Wildman–Crippen MR) is 109 cm³/mol. The highest BCUT2D eigenvalue weighted by Gasteiger charge is 2.21. The Balaban J connectivity index is 1.67. The Morgan fingerprint density at radius 3 is 2.33 bits per heavy atom. The Kier molecular flexibility index (Phi) is 5.46. The van der Waals surface area contributed by atoms with Gasteiger partial charge in [-0.1, -0.05) is 18.2 Å². The van der Waals surface area contributed by atoms with Crippen LogP contribution in [0.3, 0.4) is 0 Å². The third-order valence-electron chi connectivity index (χ3n) is 4.61. The smallest absolute Gasteiger partial charge is 0.323 e. The summed E-state index contributed by atoms with van der Waals surface area (Å²) in [4.78, 5) is 24.4. The second-order valence-corrected chi connectivity index (χ2v) is 7.49. The minimum absolute atomic E-state index is 0.292. The van der Waals surface area contributed by atoms with Gasteiger partial charge in [-0.3, -0.25) is 4.79 Å². The fourth-order valence-corrected chi connectivity index (χ4v) is 3.15. The molecular weight excluding hydrogens is 340 g/mol. The summed E-state index contributed by atoms with van der Waals surface area (Å²) >= 11 is 0. The third kappa shape index (κ3) is 4.86. The minimum atomic E-state index is -0.979. The fourth-order valence-electron chi connectivity index (χ4n) is 3.15. The zero-order chi connectivity index (χ0) is 19.4. The molecule has 0 bridgehead atoms. The van der Waals surface area contributed by atoms with Crippen LogP contribution >= 0.6 is 0 Å². The lowest BCUT2D eigenvalue weighted by Gasteiger charge is -2.20. The first-order valence-electron chi connectivity index (χ1n) is 9.22. The fraction of sp³-hybridized carbons (Fsp3) is 0.333. The summed E-state index contributed by atoms with van der Waals surface area (Å²) in [7, 11) is 0. The first kappa shape index (κ1) is 18.9. The lowest BCUT2D eigenvalue weighted by Crippen LogP contribution is -2.45. The van der Waals surface area contributed by atoms with Gasteiger partial charge >= 0.3 is 6.03 Å². The first-order valence-corrected chi connectivity index (χ1v) is 9.22. The quantitative estimate of drug-likeness (QED) is 0.661. The zero-order valence-corrected chi connectivity index (χ0v) is 15.8. The molecule has 5 N–H and O–H groups in total. The van der Waals surface area contributed by atoms with Crippen LogP contribution in [0.15, 0.2) is 42.5 Å². The molecule has 0 atom stereocenters. The Bertz CT molecular complexity index is 856. The van der Waals surface area contributed by atoms with Crippen molar-refractivity contribution in [1.82, 2.24) is 0 Å². The molecule has 0 aromatic heterocycles. The van der Waals surface area contributed by atoms with E-state index < -0.39 is 5.54 Å². The summed E-state index contributed by atoms with van der Waals surface area (Å²) in [6.45, 7) is 3.27. The molecule has 6 nitrogen and oxygen atoms in total. The van der Waals surface area contributed by atoms with Crippen molar-refractivity contribution >= 4 is 29.0 Å². The average molecular weight is 366 g/mol. The van der Waals surface area contributed by atoms with Crippen LogP contribution in [0.4, 0.5) is 21.9 Å². The van der Waals surface area contributed by atoms with E-state index in [0.717, 1.165) is 24.9 Å². The molecule has 0 saturated heterocycles. The molecule has 0 fully saturated rings. The number of hydrogen-bond donors (Lipinski definition) is 4. The van der Waals surface area contributed by atoms with E-state index >= 15 is 0 Å². The number of nitrogens with two attached hydrogens (primary N) is 1. The lowest BCUT2D eigenvalue weighted by molar-refractivity contribution is -0.120. The van der Waals surface area contributed by atoms with E-state index in [1.807, 2.05) is 12.1 Å². The van der Waals surface area contributed by atoms with Gasteiger partial charge in [-0.05, 0) is 74.9 Å². The molecule has 27 heavy (non-hydrogen) atoms. The Morgan fingerprint density at radius 2 is 1.59 bits per heavy atom. The second-order valence-electron chi connectivity index (χ2n) is 7.49. The highest BCUT2D eigenvalue weighted by Crippen LogP contribution is 2.28. The van der Waals surface area contributed by atoms with E-state index in [2.05, 4.69) is 22.0 Å². The van der Waals surface area contributed by atoms with Crippen molar-refractivity contribution in [1.29, 1.82) is 0 Å². The number of benzene rings is 2. The van der Waals surface area contributed by atoms with Crippen LogP contribution in [-0.2, 0) is 17.6 Å². The molecule has 1 aliphatic carbocycles. The summed E-state index contributed by atoms with van der Waals surface area (Å²) in [6, 6.07) is 12.7. The van der Waals surface area contributed by atoms with E-state index in [-0.39, 0.29) is 11.9 Å². The molecule has 0 saturated carbocycles. The molecule has 3 amide bonds. The SMILES string of the molecule is CC(C)(N)C(=O)Nc1cccc(NC(=O)Nc2cccc3c2CCCC3)c1. The number of carbonyl (C=O) groups excluding carboxylic acids is 2. The standard InChI is InChI=1S/C21H26N4O2/c1-21(2,22)19(26)23-15-9-6-10-16(13-15)24-20(27)25-18-12-5-8-14-7-3-4-11-17(14)18/h5-6,8-10,12-13H,3-4,7,11,22H2,1-2H3,(H,23,26)(H2,24,25,27). The molecule has 6 heteroatoms. The number of amides is 3. The predicted octanol–water partition coefficient (Wildman–Crippen LogP) is 3.89. The molecular formula is C21H26N4O2. The number of anilines is 3. The molecule has 3 rings (SSSR count). The number of nitrogens with one attached hydrogen (secondary N) is 3. The van der Waals surface area contributed by atoms with Gasteiger partial charge in [-0.15, -0.1) is 0 Å². The number of aryl methyl sites for hydroxylation is 1. The van der Waals surface area contributed by atoms with Gasteiger partial charge in [-0.2, -0.15) is 0 Å². The maximum absolute atomic E-state index is 12.4. The molecule has 2 aromatic carbocycles. The third-order valence-corrected chi connectivity index (χ3v) is 4.61. The van der Waals surface area contributed by atoms with Crippen LogP contribution in [0.2, 0.25) is 0 Å². The Morgan fingerprint density at radius 1 is 0.926 bits per heavy atom. The monoisotopic (exact) mass is 366 g/mol. The van der Waals surface area contributed by atoms with Crippen LogP contribution < -0.4 is 21.7 Å². The summed E-state index contributed by atoms with van der Waals surface area (Å²) in [6.07, 6.45) is 4.39. The molecule has 0 spiro atoms. The van der Waals surface area contributed by atoms with Crippen molar-refractivity contribution in [2.24, 2.45) is 5.73 Å². The maximum atomic E-state index is 12.4. The molecule has 0 unspecified atom stereocenters. The topological polar surface area (TPSA) is 96.2 Å². The van der Waals surface area contributed by atoms with Crippen LogP contribution in [0.5, 0.6) is 0 Å². The molecule has 0 heterocycles. The van der Waals surface area contributed by atoms with Crippen molar-refractivity contribution in [2.45, 2.75) is 45.1 Å². The van der Waals surface area contributed by atoms with Gasteiger partial charge in [0, 0.05) is 17.1 Å². The minimum Gasteiger partial charge on any atom is -0.324 e. The van der Waals surface area contributed by atoms with Gasteiger partial charge in [0.1, 0.15) is 0 Å². The van der Waals surface area contributed by atoms with Gasteiger partial charge in [0.2, 0.25) is 5.91 Å². The van der Waals surface area contributed by atoms with Gasteiger partial charge < -0.3 is 21.7 Å². The number of carbonyl (C=O) groups is 2. The summed E-state index contributed by atoms with van der Waals surface area (Å²) in [5, 5.41) is 8.51. The van der Waals surface area contributed by atoms with E-state index in [1.165, 1.54) is 17.5 Å². The van der Waals surface area contributed by atoms with Gasteiger partial charge in [-0.25, -0.2) is 4.79 Å². The van der Waals surface area contributed by atoms with Crippen LogP contribution in [0.25, 0.3) is 0 Å². The van der Waals surface area contributed by atoms with Gasteiger partial charge in [0.15, 0.2) is 0 Å². The largest absolute Gasteiger partial charge is 0.324 e. The highest BCUT2D eigenvalue weighted by molar-refractivity contribution is 6.01. The van der Waals surface area contributed by atoms with E-state index in [4.69, 9.17) is 5.73 Å². The van der Waals surface area contributed by atoms with Gasteiger partial charge in [0.05, 0.1) is 5.54 Å². The molecule has 2 aromatic rings. The zero-order valence-electron chi connectivity index (χ0n) is 15.8. The second kappa shape index (κ2) is 7.80. The van der Waals surface area contributed by atoms with E-state index in [9.17, 15) is 9.59 Å². The van der Waals surface area contributed by atoms with Crippen molar-refractivity contribution in [2.75, 3.05) is 16.0 Å². The molecule has 0 aliphatic heterocycles. The van der Waals surface area contributed by atoms with Gasteiger partial charge in [0.25, 0.3) is 0 Å². The number of hydrogen-bond acceptors (Lipinski definition) is 3. The summed E-state index contributed by atoms with van der Waals surface area (Å²) in [5.41, 5.74) is 9.38. The average Bonchev–Trinajstić information content (AvgIpc) is 2.61. The van der Waals surface area contributed by atoms with Crippen LogP contribution in [0, 0.1) is 0 Å². The summed E-state index contributed by atoms with van der Waals surface area (Å²) in [5.74, 6) is -0.292. The van der Waals surface area contributed by atoms with Crippen molar-refractivity contribution in [3.05, 3.63) is 53.6 Å². The summed E-state index contributed by atoms with van der Waals surface area (Å²) < 4.78 is 0. The van der Waals surface area contributed by atoms with E-state index in [0.29, 0.717) is 11.4 Å². The van der Waals surface area contributed by atoms with Crippen LogP contribution in [0.1, 0.15) is 37.8 Å².